The predicted octanol–water partition coefficient (Wildman–Crippen LogP) is 2.71. The number of aliphatic carboxylic acids is 1. The van der Waals surface area contributed by atoms with Crippen LogP contribution >= 0.6 is 0 Å². The molecule has 9 nitrogen and oxygen atoms in total. The van der Waals surface area contributed by atoms with Gasteiger partial charge in [0, 0.05) is 44.7 Å². The average molecular weight is 407 g/mol. The summed E-state index contributed by atoms with van der Waals surface area (Å²) in [5.74, 6) is -0.217. The van der Waals surface area contributed by atoms with E-state index < -0.39 is 18.1 Å². The summed E-state index contributed by atoms with van der Waals surface area (Å²) < 4.78 is 5.18. The number of amides is 1. The molecule has 0 spiro atoms. The second-order valence-corrected chi connectivity index (χ2v) is 6.67. The minimum absolute atomic E-state index is 0.205. The lowest BCUT2D eigenvalue weighted by Crippen LogP contribution is -2.32. The van der Waals surface area contributed by atoms with Crippen molar-refractivity contribution < 1.29 is 19.4 Å². The van der Waals surface area contributed by atoms with Gasteiger partial charge in [0.1, 0.15) is 23.9 Å². The Morgan fingerprint density at radius 2 is 1.80 bits per heavy atom. The zero-order valence-corrected chi connectivity index (χ0v) is 16.5. The lowest BCUT2D eigenvalue weighted by Gasteiger charge is -2.17. The fourth-order valence-corrected chi connectivity index (χ4v) is 2.67. The average Bonchev–Trinajstić information content (AvgIpc) is 2.75. The van der Waals surface area contributed by atoms with Gasteiger partial charge in [0.2, 0.25) is 0 Å². The monoisotopic (exact) mass is 407 g/mol. The number of nitrogens with zero attached hydrogens (tertiary/aromatic N) is 4. The van der Waals surface area contributed by atoms with Gasteiger partial charge in [0.05, 0.1) is 0 Å². The number of benzene rings is 1. The Morgan fingerprint density at radius 3 is 2.43 bits per heavy atom. The number of aromatic nitrogens is 3. The first-order valence-corrected chi connectivity index (χ1v) is 9.12. The third-order valence-electron chi connectivity index (χ3n) is 4.25. The minimum atomic E-state index is -1.02. The molecule has 0 unspecified atom stereocenters. The highest BCUT2D eigenvalue weighted by atomic mass is 16.6. The van der Waals surface area contributed by atoms with Gasteiger partial charge in [-0.1, -0.05) is 12.1 Å². The third-order valence-corrected chi connectivity index (χ3v) is 4.25. The summed E-state index contributed by atoms with van der Waals surface area (Å²) >= 11 is 0. The molecule has 1 atom stereocenters. The molecule has 0 fully saturated rings. The van der Waals surface area contributed by atoms with E-state index in [2.05, 4.69) is 20.3 Å². The minimum Gasteiger partial charge on any atom is -0.480 e. The normalized spacial score (nSPS) is 11.4. The van der Waals surface area contributed by atoms with Crippen molar-refractivity contribution in [3.05, 3.63) is 66.9 Å². The molecular weight excluding hydrogens is 386 g/mol. The van der Waals surface area contributed by atoms with E-state index >= 15 is 0 Å². The summed E-state index contributed by atoms with van der Waals surface area (Å²) in [4.78, 5) is 37.0. The van der Waals surface area contributed by atoms with E-state index in [4.69, 9.17) is 4.74 Å². The number of nitrogens with one attached hydrogen (secondary N) is 1. The Kier molecular flexibility index (Phi) is 6.53. The Bertz CT molecular complexity index is 1010. The van der Waals surface area contributed by atoms with Gasteiger partial charge in [-0.15, -0.1) is 0 Å². The smallest absolute Gasteiger partial charge is 0.414 e. The molecule has 2 N–H and O–H groups in total. The highest BCUT2D eigenvalue weighted by Crippen LogP contribution is 2.25. The molecule has 3 rings (SSSR count). The van der Waals surface area contributed by atoms with E-state index in [-0.39, 0.29) is 6.42 Å². The van der Waals surface area contributed by atoms with E-state index in [0.29, 0.717) is 17.1 Å². The molecule has 1 amide bonds. The maximum Gasteiger partial charge on any atom is 0.414 e. The number of carbonyl (C=O) groups excluding carboxylic acids is 1. The summed E-state index contributed by atoms with van der Waals surface area (Å²) in [5.41, 5.74) is 2.26. The first kappa shape index (κ1) is 20.7. The molecule has 0 saturated carbocycles. The first-order valence-electron chi connectivity index (χ1n) is 9.12. The number of pyridine rings is 1. The predicted molar refractivity (Wildman–Crippen MR) is 110 cm³/mol. The number of carboxylic acids is 1. The Labute approximate surface area is 173 Å². The highest BCUT2D eigenvalue weighted by Gasteiger charge is 2.20. The Balaban J connectivity index is 1.75. The zero-order chi connectivity index (χ0) is 21.5. The van der Waals surface area contributed by atoms with Crippen LogP contribution in [-0.4, -0.2) is 57.2 Å². The number of carbonyl (C=O) groups is 2. The largest absolute Gasteiger partial charge is 0.480 e. The van der Waals surface area contributed by atoms with Crippen molar-refractivity contribution in [2.75, 3.05) is 19.4 Å². The quantitative estimate of drug-likeness (QED) is 0.614. The molecule has 9 heteroatoms. The number of hydrogen-bond acceptors (Lipinski definition) is 7. The van der Waals surface area contributed by atoms with Gasteiger partial charge in [0.15, 0.2) is 0 Å². The lowest BCUT2D eigenvalue weighted by molar-refractivity contribution is -0.137. The van der Waals surface area contributed by atoms with E-state index in [1.165, 1.54) is 11.2 Å². The van der Waals surface area contributed by atoms with E-state index in [1.54, 1.807) is 69.1 Å². The first-order chi connectivity index (χ1) is 14.4. The standard InChI is InChI=1S/C21H21N5O4/c1-26(2)21(29)30-16-5-3-14(4-6-16)11-18(20(27)28)25-19-17(12-23-13-24-19)15-7-9-22-10-8-15/h3-10,12-13,18H,11H2,1-2H3,(H,27,28)(H,23,24,25)/t18-/m0/s1. The Morgan fingerprint density at radius 1 is 1.10 bits per heavy atom. The molecule has 0 aliphatic carbocycles. The summed E-state index contributed by atoms with van der Waals surface area (Å²) in [6.07, 6.45) is 5.99. The van der Waals surface area contributed by atoms with Crippen molar-refractivity contribution in [1.82, 2.24) is 19.9 Å². The van der Waals surface area contributed by atoms with Crippen molar-refractivity contribution in [2.45, 2.75) is 12.5 Å². The molecule has 30 heavy (non-hydrogen) atoms. The zero-order valence-electron chi connectivity index (χ0n) is 16.5. The molecule has 3 aromatic rings. The van der Waals surface area contributed by atoms with Crippen LogP contribution in [0.1, 0.15) is 5.56 Å². The summed E-state index contributed by atoms with van der Waals surface area (Å²) in [7, 11) is 3.18. The van der Waals surface area contributed by atoms with Crippen LogP contribution in [0.3, 0.4) is 0 Å². The van der Waals surface area contributed by atoms with Crippen LogP contribution in [0, 0.1) is 0 Å². The van der Waals surface area contributed by atoms with Gasteiger partial charge in [-0.3, -0.25) is 4.98 Å². The van der Waals surface area contributed by atoms with Gasteiger partial charge >= 0.3 is 12.1 Å². The van der Waals surface area contributed by atoms with Gasteiger partial charge in [-0.05, 0) is 35.4 Å². The fourth-order valence-electron chi connectivity index (χ4n) is 2.67. The maximum absolute atomic E-state index is 11.9. The lowest BCUT2D eigenvalue weighted by atomic mass is 10.0. The van der Waals surface area contributed by atoms with Crippen molar-refractivity contribution in [1.29, 1.82) is 0 Å². The summed E-state index contributed by atoms with van der Waals surface area (Å²) in [6, 6.07) is 9.38. The molecule has 0 radical (unpaired) electrons. The van der Waals surface area contributed by atoms with Crippen LogP contribution in [0.4, 0.5) is 10.6 Å². The van der Waals surface area contributed by atoms with Crippen LogP contribution in [0.15, 0.2) is 61.3 Å². The van der Waals surface area contributed by atoms with Crippen LogP contribution in [0.2, 0.25) is 0 Å². The van der Waals surface area contributed by atoms with Gasteiger partial charge < -0.3 is 20.1 Å². The fraction of sp³-hybridized carbons (Fsp3) is 0.190. The summed E-state index contributed by atoms with van der Waals surface area (Å²) in [6.45, 7) is 0. The number of carboxylic acid groups (broad SMARTS) is 1. The van der Waals surface area contributed by atoms with Crippen molar-refractivity contribution in [2.24, 2.45) is 0 Å². The van der Waals surface area contributed by atoms with Gasteiger partial charge in [-0.2, -0.15) is 0 Å². The number of anilines is 1. The topological polar surface area (TPSA) is 118 Å². The molecule has 2 heterocycles. The number of hydrogen-bond donors (Lipinski definition) is 2. The second-order valence-electron chi connectivity index (χ2n) is 6.67. The van der Waals surface area contributed by atoms with Crippen molar-refractivity contribution in [3.8, 4) is 16.9 Å². The molecule has 1 aromatic carbocycles. The van der Waals surface area contributed by atoms with E-state index in [0.717, 1.165) is 11.1 Å². The van der Waals surface area contributed by atoms with Crippen molar-refractivity contribution in [3.63, 3.8) is 0 Å². The maximum atomic E-state index is 11.9. The van der Waals surface area contributed by atoms with E-state index in [9.17, 15) is 14.7 Å². The van der Waals surface area contributed by atoms with E-state index in [1.807, 2.05) is 0 Å². The molecule has 0 aliphatic rings. The summed E-state index contributed by atoms with van der Waals surface area (Å²) in [5, 5.41) is 12.7. The molecular formula is C21H21N5O4. The molecule has 0 aliphatic heterocycles. The molecule has 154 valence electrons. The van der Waals surface area contributed by atoms with Crippen LogP contribution in [0.25, 0.3) is 11.1 Å². The van der Waals surface area contributed by atoms with Gasteiger partial charge in [-0.25, -0.2) is 19.6 Å². The number of rotatable bonds is 7. The van der Waals surface area contributed by atoms with Crippen LogP contribution in [-0.2, 0) is 11.2 Å². The highest BCUT2D eigenvalue weighted by molar-refractivity contribution is 5.81. The van der Waals surface area contributed by atoms with Gasteiger partial charge in [0.25, 0.3) is 0 Å². The third kappa shape index (κ3) is 5.28. The van der Waals surface area contributed by atoms with Crippen molar-refractivity contribution >= 4 is 17.9 Å². The SMILES string of the molecule is CN(C)C(=O)Oc1ccc(C[C@H](Nc2ncncc2-c2ccncc2)C(=O)O)cc1. The molecule has 0 saturated heterocycles. The second kappa shape index (κ2) is 9.46. The van der Waals surface area contributed by atoms with Crippen LogP contribution in [0.5, 0.6) is 5.75 Å². The number of ether oxygens (including phenoxy) is 1. The molecule has 0 bridgehead atoms. The Hall–Kier alpha value is -4.01. The van der Waals surface area contributed by atoms with Crippen LogP contribution < -0.4 is 10.1 Å². The molecule has 2 aromatic heterocycles.